The minimum Gasteiger partial charge on any atom is -0.467 e. The number of amides is 1. The Hall–Kier alpha value is -1.68. The third-order valence-electron chi connectivity index (χ3n) is 5.16. The first-order chi connectivity index (χ1) is 14.3. The van der Waals surface area contributed by atoms with Gasteiger partial charge in [0.1, 0.15) is 6.04 Å². The van der Waals surface area contributed by atoms with Gasteiger partial charge in [0.05, 0.1) is 30.8 Å². The predicted octanol–water partition coefficient (Wildman–Crippen LogP) is 1.73. The maximum Gasteiger partial charge on any atom is 0.339 e. The lowest BCUT2D eigenvalue weighted by molar-refractivity contribution is -0.157. The Morgan fingerprint density at radius 1 is 1.03 bits per heavy atom. The number of anilines is 1. The Morgan fingerprint density at radius 3 is 2.30 bits per heavy atom. The van der Waals surface area contributed by atoms with Crippen LogP contribution in [0.25, 0.3) is 0 Å². The Labute approximate surface area is 189 Å². The topological polar surface area (TPSA) is 79.4 Å². The average Bonchev–Trinajstić information content (AvgIpc) is 3.20. The van der Waals surface area contributed by atoms with Gasteiger partial charge >= 0.3 is 11.9 Å². The van der Waals surface area contributed by atoms with Gasteiger partial charge in [-0.2, -0.15) is 0 Å². The van der Waals surface area contributed by atoms with Crippen molar-refractivity contribution in [3.63, 3.8) is 0 Å². The summed E-state index contributed by atoms with van der Waals surface area (Å²) < 4.78 is 9.61. The summed E-state index contributed by atoms with van der Waals surface area (Å²) in [5, 5.41) is 0.165. The Balaban J connectivity index is 1.62. The highest BCUT2D eigenvalue weighted by Gasteiger charge is 2.46. The van der Waals surface area contributed by atoms with E-state index in [1.54, 1.807) is 6.07 Å². The van der Waals surface area contributed by atoms with Crippen molar-refractivity contribution in [2.45, 2.75) is 11.4 Å². The number of benzene rings is 1. The molecule has 0 saturated carbocycles. The zero-order chi connectivity index (χ0) is 21.8. The Bertz CT molecular complexity index is 795. The molecule has 2 aliphatic heterocycles. The standard InChI is InChI=1S/C19H23Cl2N3O5S/c1-28-18(26)15-11-30-17(19(27)29-2)24(15)16(25)10-22-5-7-23(8-6-22)12-3-4-13(20)14(21)9-12/h3-4,9,15,17H,5-8,10-11H2,1-2H3/t15-,17-/m1/s1. The molecule has 0 unspecified atom stereocenters. The molecule has 30 heavy (non-hydrogen) atoms. The molecule has 1 amide bonds. The van der Waals surface area contributed by atoms with Crippen LogP contribution in [0.1, 0.15) is 0 Å². The van der Waals surface area contributed by atoms with Crippen LogP contribution in [0.2, 0.25) is 10.0 Å². The van der Waals surface area contributed by atoms with E-state index < -0.39 is 23.4 Å². The molecule has 2 fully saturated rings. The van der Waals surface area contributed by atoms with Crippen molar-refractivity contribution >= 4 is 58.5 Å². The summed E-state index contributed by atoms with van der Waals surface area (Å²) in [6.45, 7) is 2.83. The van der Waals surface area contributed by atoms with Crippen molar-refractivity contribution < 1.29 is 23.9 Å². The Kier molecular flexibility index (Phi) is 7.73. The van der Waals surface area contributed by atoms with Gasteiger partial charge in [-0.25, -0.2) is 9.59 Å². The van der Waals surface area contributed by atoms with Crippen LogP contribution in [-0.2, 0) is 23.9 Å². The maximum absolute atomic E-state index is 13.0. The van der Waals surface area contributed by atoms with E-state index in [-0.39, 0.29) is 12.5 Å². The molecule has 0 spiro atoms. The minimum absolute atomic E-state index is 0.108. The second kappa shape index (κ2) is 10.1. The van der Waals surface area contributed by atoms with Crippen LogP contribution >= 0.6 is 35.0 Å². The van der Waals surface area contributed by atoms with Gasteiger partial charge in [-0.1, -0.05) is 23.2 Å². The molecular formula is C19H23Cl2N3O5S. The van der Waals surface area contributed by atoms with Crippen molar-refractivity contribution in [2.24, 2.45) is 0 Å². The fourth-order valence-corrected chi connectivity index (χ4v) is 5.14. The minimum atomic E-state index is -0.843. The quantitative estimate of drug-likeness (QED) is 0.595. The fraction of sp³-hybridized carbons (Fsp3) is 0.526. The zero-order valence-corrected chi connectivity index (χ0v) is 19.0. The highest BCUT2D eigenvalue weighted by molar-refractivity contribution is 8.00. The number of rotatable bonds is 5. The van der Waals surface area contributed by atoms with Gasteiger partial charge in [-0.05, 0) is 18.2 Å². The first-order valence-electron chi connectivity index (χ1n) is 9.36. The van der Waals surface area contributed by atoms with Gasteiger partial charge in [0.2, 0.25) is 5.91 Å². The van der Waals surface area contributed by atoms with E-state index in [4.69, 9.17) is 32.7 Å². The third-order valence-corrected chi connectivity index (χ3v) is 7.15. The maximum atomic E-state index is 13.0. The third kappa shape index (κ3) is 4.96. The Morgan fingerprint density at radius 2 is 1.70 bits per heavy atom. The van der Waals surface area contributed by atoms with Gasteiger partial charge < -0.3 is 19.3 Å². The molecule has 1 aromatic rings. The number of ether oxygens (including phenoxy) is 2. The summed E-state index contributed by atoms with van der Waals surface area (Å²) in [5.41, 5.74) is 0.975. The van der Waals surface area contributed by atoms with Crippen molar-refractivity contribution in [1.29, 1.82) is 0 Å². The van der Waals surface area contributed by atoms with Crippen LogP contribution in [0.3, 0.4) is 0 Å². The molecular weight excluding hydrogens is 453 g/mol. The number of methoxy groups -OCH3 is 2. The summed E-state index contributed by atoms with van der Waals surface area (Å²) >= 11 is 13.3. The molecule has 0 N–H and O–H groups in total. The van der Waals surface area contributed by atoms with Crippen LogP contribution in [0.5, 0.6) is 0 Å². The van der Waals surface area contributed by atoms with E-state index in [2.05, 4.69) is 4.90 Å². The lowest BCUT2D eigenvalue weighted by atomic mass is 10.2. The van der Waals surface area contributed by atoms with Crippen molar-refractivity contribution in [2.75, 3.05) is 57.6 Å². The van der Waals surface area contributed by atoms with E-state index in [9.17, 15) is 14.4 Å². The van der Waals surface area contributed by atoms with E-state index in [0.29, 0.717) is 42.0 Å². The van der Waals surface area contributed by atoms with Gasteiger partial charge in [-0.15, -0.1) is 11.8 Å². The number of esters is 2. The van der Waals surface area contributed by atoms with Crippen molar-refractivity contribution in [3.8, 4) is 0 Å². The average molecular weight is 476 g/mol. The van der Waals surface area contributed by atoms with Crippen LogP contribution < -0.4 is 4.90 Å². The van der Waals surface area contributed by atoms with Crippen LogP contribution in [0.4, 0.5) is 5.69 Å². The SMILES string of the molecule is COC(=O)[C@H]1CS[C@H](C(=O)OC)N1C(=O)CN1CCN(c2ccc(Cl)c(Cl)c2)CC1. The molecule has 2 atom stereocenters. The number of hydrogen-bond donors (Lipinski definition) is 0. The molecule has 0 aromatic heterocycles. The van der Waals surface area contributed by atoms with E-state index in [1.807, 2.05) is 17.0 Å². The van der Waals surface area contributed by atoms with Gasteiger partial charge in [0.25, 0.3) is 0 Å². The van der Waals surface area contributed by atoms with E-state index in [1.165, 1.54) is 30.9 Å². The number of halogens is 2. The van der Waals surface area contributed by atoms with E-state index in [0.717, 1.165) is 5.69 Å². The normalized spacial score (nSPS) is 22.1. The summed E-state index contributed by atoms with van der Waals surface area (Å²) in [6.07, 6.45) is 0. The molecule has 3 rings (SSSR count). The first-order valence-corrected chi connectivity index (χ1v) is 11.2. The summed E-state index contributed by atoms with van der Waals surface area (Å²) in [5.74, 6) is -1.09. The molecule has 11 heteroatoms. The second-order valence-electron chi connectivity index (χ2n) is 6.91. The monoisotopic (exact) mass is 475 g/mol. The molecule has 0 radical (unpaired) electrons. The highest BCUT2D eigenvalue weighted by atomic mass is 35.5. The number of piperazine rings is 1. The van der Waals surface area contributed by atoms with E-state index >= 15 is 0 Å². The smallest absolute Gasteiger partial charge is 0.339 e. The first kappa shape index (κ1) is 23.0. The molecule has 0 bridgehead atoms. The number of nitrogens with zero attached hydrogens (tertiary/aromatic N) is 3. The molecule has 2 saturated heterocycles. The summed E-state index contributed by atoms with van der Waals surface area (Å²) in [6, 6.07) is 4.71. The number of carbonyl (C=O) groups is 3. The molecule has 1 aromatic carbocycles. The number of hydrogen-bond acceptors (Lipinski definition) is 8. The molecule has 0 aliphatic carbocycles. The number of carbonyl (C=O) groups excluding carboxylic acids is 3. The molecule has 2 heterocycles. The molecule has 8 nitrogen and oxygen atoms in total. The number of thioether (sulfide) groups is 1. The van der Waals surface area contributed by atoms with Gasteiger partial charge in [0, 0.05) is 37.6 Å². The lowest BCUT2D eigenvalue weighted by Crippen LogP contribution is -2.54. The van der Waals surface area contributed by atoms with Gasteiger partial charge in [-0.3, -0.25) is 9.69 Å². The zero-order valence-electron chi connectivity index (χ0n) is 16.7. The van der Waals surface area contributed by atoms with Crippen molar-refractivity contribution in [1.82, 2.24) is 9.80 Å². The summed E-state index contributed by atoms with van der Waals surface area (Å²) in [4.78, 5) is 42.7. The molecule has 164 valence electrons. The molecule has 2 aliphatic rings. The second-order valence-corrected chi connectivity index (χ2v) is 8.84. The van der Waals surface area contributed by atoms with Gasteiger partial charge in [0.15, 0.2) is 5.37 Å². The van der Waals surface area contributed by atoms with Crippen LogP contribution in [-0.4, -0.2) is 91.8 Å². The van der Waals surface area contributed by atoms with Crippen LogP contribution in [0.15, 0.2) is 18.2 Å². The highest BCUT2D eigenvalue weighted by Crippen LogP contribution is 2.31. The predicted molar refractivity (Wildman–Crippen MR) is 116 cm³/mol. The van der Waals surface area contributed by atoms with Crippen LogP contribution in [0, 0.1) is 0 Å². The lowest BCUT2D eigenvalue weighted by Gasteiger charge is -2.37. The largest absolute Gasteiger partial charge is 0.467 e. The van der Waals surface area contributed by atoms with Crippen molar-refractivity contribution in [3.05, 3.63) is 28.2 Å². The fourth-order valence-electron chi connectivity index (χ4n) is 3.53. The summed E-state index contributed by atoms with van der Waals surface area (Å²) in [7, 11) is 2.53.